The van der Waals surface area contributed by atoms with Gasteiger partial charge in [-0.1, -0.05) is 45.0 Å². The van der Waals surface area contributed by atoms with Crippen LogP contribution >= 0.6 is 0 Å². The van der Waals surface area contributed by atoms with Crippen molar-refractivity contribution in [2.24, 2.45) is 28.9 Å². The number of phenolic OH excluding ortho intramolecular Hbond substituents is 2. The van der Waals surface area contributed by atoms with Crippen molar-refractivity contribution in [2.75, 3.05) is 45.2 Å². The van der Waals surface area contributed by atoms with Crippen LogP contribution in [0, 0.1) is 16.7 Å². The van der Waals surface area contributed by atoms with Crippen molar-refractivity contribution < 1.29 is 146 Å². The summed E-state index contributed by atoms with van der Waals surface area (Å²) in [6.07, 6.45) is -14.0. The molecule has 0 radical (unpaired) electrons. The number of methoxy groups -OCH3 is 1. The van der Waals surface area contributed by atoms with E-state index in [0.717, 1.165) is 0 Å². The summed E-state index contributed by atoms with van der Waals surface area (Å²) in [4.78, 5) is 234. The summed E-state index contributed by atoms with van der Waals surface area (Å²) in [5.74, 6) is -21.5. The summed E-state index contributed by atoms with van der Waals surface area (Å²) >= 11 is 0. The minimum Gasteiger partial charge on any atom is -0.507 e. The van der Waals surface area contributed by atoms with Crippen LogP contribution in [-0.4, -0.2) is 305 Å². The van der Waals surface area contributed by atoms with Crippen LogP contribution < -0.4 is 86.2 Å². The molecule has 3 saturated heterocycles. The highest BCUT2D eigenvalue weighted by Crippen LogP contribution is 2.53. The third-order valence-electron chi connectivity index (χ3n) is 23.4. The molecule has 17 atom stereocenters. The number of nitrogens with two attached hydrogens (primary N) is 4. The zero-order valence-electron chi connectivity index (χ0n) is 73.6. The minimum atomic E-state index is -2.50. The number of carboxylic acid groups (broad SMARTS) is 3. The van der Waals surface area contributed by atoms with Gasteiger partial charge in [0.1, 0.15) is 90.7 Å². The first-order valence-electron chi connectivity index (χ1n) is 43.1. The van der Waals surface area contributed by atoms with Gasteiger partial charge in [-0.25, -0.2) is 4.79 Å². The van der Waals surface area contributed by atoms with Gasteiger partial charge < -0.3 is 151 Å². The van der Waals surface area contributed by atoms with E-state index in [-0.39, 0.29) is 136 Å². The Morgan fingerprint density at radius 2 is 1.22 bits per heavy atom. The van der Waals surface area contributed by atoms with Crippen LogP contribution in [0.5, 0.6) is 17.2 Å². The van der Waals surface area contributed by atoms with Crippen molar-refractivity contribution in [3.63, 3.8) is 0 Å². The number of carbonyl (C=O) groups excluding carboxylic acids is 14. The summed E-state index contributed by atoms with van der Waals surface area (Å²) in [6.45, 7) is 4.28. The van der Waals surface area contributed by atoms with E-state index in [1.165, 1.54) is 80.1 Å². The molecule has 30 N–H and O–H groups in total. The molecule has 133 heavy (non-hydrogen) atoms. The van der Waals surface area contributed by atoms with E-state index in [4.69, 9.17) is 52.7 Å². The number of ketones is 3. The van der Waals surface area contributed by atoms with Crippen LogP contribution in [-0.2, 0) is 94.4 Å². The molecule has 2 aliphatic carbocycles. The quantitative estimate of drug-likeness (QED) is 0.00853. The number of hydrogen-bond donors (Lipinski definition) is 26. The summed E-state index contributed by atoms with van der Waals surface area (Å²) in [5.41, 5.74) is 17.7. The first-order valence-corrected chi connectivity index (χ1v) is 43.1. The van der Waals surface area contributed by atoms with E-state index >= 15 is 0 Å². The molecule has 3 heterocycles. The molecule has 5 aliphatic rings. The lowest BCUT2D eigenvalue weighted by Crippen LogP contribution is -2.61. The second-order valence-electron chi connectivity index (χ2n) is 33.3. The van der Waals surface area contributed by atoms with Crippen molar-refractivity contribution in [3.05, 3.63) is 81.4 Å². The number of aliphatic carboxylic acids is 3. The Bertz CT molecular complexity index is 4890. The van der Waals surface area contributed by atoms with Crippen LogP contribution in [0.1, 0.15) is 191 Å². The van der Waals surface area contributed by atoms with Gasteiger partial charge in [0.05, 0.1) is 73.0 Å². The molecule has 49 nitrogen and oxygen atoms in total. The number of likely N-dealkylation sites (tertiary alicyclic amines) is 2. The monoisotopic (exact) mass is 1870 g/mol. The second kappa shape index (κ2) is 47.7. The molecule has 1 unspecified atom stereocenters. The number of Topliss-reactive ketones (excluding diaryl/α,β-unsaturated/α-hetero) is 1. The number of anilines is 1. The van der Waals surface area contributed by atoms with Gasteiger partial charge in [0, 0.05) is 80.7 Å². The van der Waals surface area contributed by atoms with E-state index in [1.54, 1.807) is 6.92 Å². The number of nitrogens with one attached hydrogen (secondary N) is 13. The molecule has 3 aliphatic heterocycles. The highest BCUT2D eigenvalue weighted by Gasteiger charge is 2.52. The number of aliphatic hydroxyl groups excluding tert-OH is 3. The predicted octanol–water partition coefficient (Wildman–Crippen LogP) is -4.93. The van der Waals surface area contributed by atoms with E-state index < -0.39 is 296 Å². The Hall–Kier alpha value is -13.3. The normalized spacial score (nSPS) is 21.1. The second-order valence-corrected chi connectivity index (χ2v) is 33.3. The summed E-state index contributed by atoms with van der Waals surface area (Å²) in [7, 11) is 1.25. The van der Waals surface area contributed by atoms with Crippen molar-refractivity contribution in [2.45, 2.75) is 253 Å². The molecule has 8 rings (SSSR count). The average Bonchev–Trinajstić information content (AvgIpc) is 0.978. The molecular formula is C84H117N19O30. The van der Waals surface area contributed by atoms with E-state index in [0.29, 0.717) is 6.42 Å². The maximum Gasteiger partial charge on any atom is 0.407 e. The number of carboxylic acids is 3. The van der Waals surface area contributed by atoms with Crippen LogP contribution in [0.2, 0.25) is 0 Å². The number of aliphatic hydroxyl groups is 4. The van der Waals surface area contributed by atoms with Crippen LogP contribution in [0.15, 0.2) is 42.5 Å². The van der Waals surface area contributed by atoms with Gasteiger partial charge in [-0.2, -0.15) is 0 Å². The molecule has 49 heteroatoms. The molecule has 0 aromatic heterocycles. The number of benzene rings is 3. The molecule has 728 valence electrons. The Morgan fingerprint density at radius 1 is 0.662 bits per heavy atom. The van der Waals surface area contributed by atoms with Gasteiger partial charge in [0.15, 0.2) is 29.8 Å². The number of hydrogen-bond acceptors (Lipinski definition) is 31. The van der Waals surface area contributed by atoms with Gasteiger partial charge in [0.2, 0.25) is 64.9 Å². The number of fused-ring (bicyclic) bond motifs is 3. The largest absolute Gasteiger partial charge is 0.507 e. The fourth-order valence-corrected chi connectivity index (χ4v) is 16.3. The number of alkyl carbamates (subject to hydrolysis) is 1. The number of rotatable bonds is 47. The minimum absolute atomic E-state index is 0.00765. The lowest BCUT2D eigenvalue weighted by Gasteiger charge is -2.42. The number of aromatic hydroxyl groups is 2. The number of primary amides is 1. The number of carbonyl (C=O) groups is 17. The number of phenols is 2. The molecule has 0 saturated carbocycles. The smallest absolute Gasteiger partial charge is 0.407 e. The molecular weight excluding hydrogens is 1760 g/mol. The molecule has 11 amide bonds. The molecule has 0 bridgehead atoms. The predicted molar refractivity (Wildman–Crippen MR) is 461 cm³/mol. The summed E-state index contributed by atoms with van der Waals surface area (Å²) in [6, 6.07) is -7.15. The lowest BCUT2D eigenvalue weighted by atomic mass is 9.72. The topological polar surface area (TPSA) is 800 Å². The third-order valence-corrected chi connectivity index (χ3v) is 23.4. The molecule has 3 aromatic carbocycles. The Balaban J connectivity index is 0.894. The Labute approximate surface area is 760 Å². The van der Waals surface area contributed by atoms with E-state index in [2.05, 4.69) is 58.5 Å². The zero-order chi connectivity index (χ0) is 98.3. The average molecular weight is 1870 g/mol. The maximum atomic E-state index is 14.7. The summed E-state index contributed by atoms with van der Waals surface area (Å²) < 4.78 is 23.0. The van der Waals surface area contributed by atoms with Crippen molar-refractivity contribution >= 4 is 118 Å². The molecule has 3 aromatic rings. The standard InChI is InChI=1S/C84H117N19O30/c1-6-43(85)71(118)94-45(22-24-56(86)106)73(120)97-47(14-9-27-92-82(89)90)79(126)103-29-11-16-52(103)80(127)102-28-10-15-51(102)77(124)96-44(13-8-26-91-81(87)88)72(119)98-50(31-59(111)112)76(123)95-46(23-25-57(107)108)74(121)101-65(37(2)3)78(125)99-49(30-58(109)110)75(122)93-40-20-18-39(19-21-40)36-131-83(128)100-48-32-60(132-38(4)66(48)113)133-54-34-84(129,55(105)35-104)33-42-62(54)70(117)64-63(68(42)115)67(114)41-12-7-17-53(130-5)61(41)69(64)116/h7,12,17-21,37-38,43-52,54,60,65-66,80,104,113,115,117,127,129H,6,8-11,13-16,22-36,85H2,1-5H3,(H2,86,106)(H,93,122)(H,94,118)(H,95,123)(H,96,124)(H,97,120)(H,98,119)(H,99,125)(H,100,128)(H,101,121)(H,107,108)(H,109,110)(H,111,112)(H4,87,88,91)(H4,89,90,92)/t38-,43-,44-,45-,46-,47-,48-,49-,50-,51-,52-,54-,60-,65-,66+,80?,84-/m0/s1. The van der Waals surface area contributed by atoms with Gasteiger partial charge >= 0.3 is 24.0 Å². The molecule has 3 fully saturated rings. The Morgan fingerprint density at radius 3 is 1.80 bits per heavy atom. The van der Waals surface area contributed by atoms with Crippen molar-refractivity contribution in [3.8, 4) is 17.2 Å². The number of ether oxygens (including phenoxy) is 4. The Kier molecular flexibility index (Phi) is 37.6. The number of amides is 11. The SMILES string of the molecule is CC[C@H](N)C(=O)N[C@@H](CCC(N)=O)C(=O)N[C@@H](CCCNC(=N)N)C(=O)N1CCC[C@H]1C(O)N1CCC[C@H]1C(=O)N[C@@H](CCCNC(=N)N)C(=O)N[C@@H](CC(=O)O)C(=O)N[C@@H](CCC(=O)O)C(=O)N[C@H](C(=O)N[C@@H](CC(=O)O)C(=O)Nc1ccc(COC(=O)N[C@H]2C[C@H](O[C@H]3C[C@](O)(C(=O)CO)Cc4c(O)c5c(c(O)c43)C(=O)c3c(OC)cccc3C5=O)O[C@@H](C)[C@H]2O)cc1)C(C)C. The van der Waals surface area contributed by atoms with E-state index in [9.17, 15) is 127 Å². The van der Waals surface area contributed by atoms with Crippen LogP contribution in [0.3, 0.4) is 0 Å². The maximum absolute atomic E-state index is 14.7. The van der Waals surface area contributed by atoms with Gasteiger partial charge in [-0.15, -0.1) is 0 Å². The van der Waals surface area contributed by atoms with Crippen LogP contribution in [0.25, 0.3) is 0 Å². The van der Waals surface area contributed by atoms with Crippen LogP contribution in [0.4, 0.5) is 10.5 Å². The van der Waals surface area contributed by atoms with Crippen molar-refractivity contribution in [1.29, 1.82) is 10.8 Å². The first-order chi connectivity index (χ1) is 62.8. The lowest BCUT2D eigenvalue weighted by molar-refractivity contribution is -0.249. The number of nitrogens with zero attached hydrogens (tertiary/aromatic N) is 2. The fraction of sp³-hybridized carbons (Fsp3) is 0.560. The third kappa shape index (κ3) is 27.7. The van der Waals surface area contributed by atoms with Crippen molar-refractivity contribution in [1.82, 2.24) is 63.0 Å². The van der Waals surface area contributed by atoms with Gasteiger partial charge in [0.25, 0.3) is 0 Å². The number of guanidine groups is 2. The fourth-order valence-electron chi connectivity index (χ4n) is 16.3. The summed E-state index contributed by atoms with van der Waals surface area (Å²) in [5, 5.41) is 141. The zero-order valence-corrected chi connectivity index (χ0v) is 73.6. The van der Waals surface area contributed by atoms with Gasteiger partial charge in [-0.05, 0) is 107 Å². The highest BCUT2D eigenvalue weighted by molar-refractivity contribution is 6.31. The van der Waals surface area contributed by atoms with Gasteiger partial charge in [-0.3, -0.25) is 92.4 Å². The molecule has 0 spiro atoms. The highest BCUT2D eigenvalue weighted by atomic mass is 16.7. The first kappa shape index (κ1) is 105. The van der Waals surface area contributed by atoms with E-state index in [1.807, 2.05) is 0 Å².